The van der Waals surface area contributed by atoms with E-state index >= 15 is 0 Å². The number of phenolic OH excluding ortho intramolecular Hbond substituents is 1. The SMILES string of the molecule is CCCc1c(O)c(C(C)=O)cc(F)c1OCCCS(=O)(=O)c1ccc([C@@H]2OC(=O)C[C@@H]2C)cc1. The Balaban J connectivity index is 1.65. The molecule has 0 saturated carbocycles. The van der Waals surface area contributed by atoms with E-state index < -0.39 is 21.4 Å². The largest absolute Gasteiger partial charge is 0.507 e. The number of hydrogen-bond donors (Lipinski definition) is 1. The van der Waals surface area contributed by atoms with Gasteiger partial charge in [0, 0.05) is 11.5 Å². The summed E-state index contributed by atoms with van der Waals surface area (Å²) in [5.41, 5.74) is 0.836. The van der Waals surface area contributed by atoms with Crippen LogP contribution in [0.3, 0.4) is 0 Å². The number of ether oxygens (including phenoxy) is 2. The molecule has 0 bridgehead atoms. The van der Waals surface area contributed by atoms with Crippen LogP contribution in [0.2, 0.25) is 0 Å². The average Bonchev–Trinajstić information content (AvgIpc) is 3.12. The van der Waals surface area contributed by atoms with Crippen molar-refractivity contribution in [3.8, 4) is 11.5 Å². The molecule has 2 aromatic rings. The lowest BCUT2D eigenvalue weighted by Gasteiger charge is -2.16. The molecule has 1 aliphatic rings. The summed E-state index contributed by atoms with van der Waals surface area (Å²) in [6, 6.07) is 7.21. The maximum absolute atomic E-state index is 14.6. The minimum Gasteiger partial charge on any atom is -0.507 e. The van der Waals surface area contributed by atoms with Crippen molar-refractivity contribution >= 4 is 21.6 Å². The first-order chi connectivity index (χ1) is 16.0. The summed E-state index contributed by atoms with van der Waals surface area (Å²) in [5, 5.41) is 10.4. The number of rotatable bonds is 10. The predicted molar refractivity (Wildman–Crippen MR) is 123 cm³/mol. The Bertz CT molecular complexity index is 1170. The van der Waals surface area contributed by atoms with Gasteiger partial charge in [-0.2, -0.15) is 0 Å². The molecule has 1 heterocycles. The summed E-state index contributed by atoms with van der Waals surface area (Å²) in [7, 11) is -3.61. The van der Waals surface area contributed by atoms with Crippen LogP contribution in [0.25, 0.3) is 0 Å². The van der Waals surface area contributed by atoms with Crippen molar-refractivity contribution in [2.75, 3.05) is 12.4 Å². The van der Waals surface area contributed by atoms with Gasteiger partial charge in [-0.25, -0.2) is 12.8 Å². The lowest BCUT2D eigenvalue weighted by atomic mass is 9.97. The maximum Gasteiger partial charge on any atom is 0.306 e. The van der Waals surface area contributed by atoms with E-state index in [4.69, 9.17) is 9.47 Å². The number of ketones is 1. The molecule has 3 rings (SSSR count). The van der Waals surface area contributed by atoms with Crippen molar-refractivity contribution in [1.29, 1.82) is 0 Å². The minimum atomic E-state index is -3.61. The van der Waals surface area contributed by atoms with Gasteiger partial charge in [-0.15, -0.1) is 0 Å². The first-order valence-electron chi connectivity index (χ1n) is 11.3. The number of Topliss-reactive ketones (excluding diaryl/α,β-unsaturated/α-hetero) is 1. The van der Waals surface area contributed by atoms with Crippen LogP contribution in [0.1, 0.15) is 67.6 Å². The summed E-state index contributed by atoms with van der Waals surface area (Å²) in [4.78, 5) is 23.3. The van der Waals surface area contributed by atoms with Gasteiger partial charge in [-0.1, -0.05) is 32.4 Å². The van der Waals surface area contributed by atoms with E-state index in [9.17, 15) is 27.5 Å². The van der Waals surface area contributed by atoms with Gasteiger partial charge in [-0.3, -0.25) is 9.59 Å². The Kier molecular flexibility index (Phi) is 7.97. The highest BCUT2D eigenvalue weighted by Gasteiger charge is 2.32. The molecule has 1 N–H and O–H groups in total. The Morgan fingerprint density at radius 3 is 2.50 bits per heavy atom. The fourth-order valence-corrected chi connectivity index (χ4v) is 5.34. The van der Waals surface area contributed by atoms with Gasteiger partial charge in [0.05, 0.1) is 29.2 Å². The monoisotopic (exact) mass is 492 g/mol. The Labute approximate surface area is 198 Å². The number of phenols is 1. The van der Waals surface area contributed by atoms with Crippen molar-refractivity contribution in [1.82, 2.24) is 0 Å². The Morgan fingerprint density at radius 1 is 1.26 bits per heavy atom. The van der Waals surface area contributed by atoms with Gasteiger partial charge in [-0.05, 0) is 43.5 Å². The Morgan fingerprint density at radius 2 is 1.94 bits per heavy atom. The number of esters is 1. The number of benzene rings is 2. The molecule has 7 nitrogen and oxygen atoms in total. The van der Waals surface area contributed by atoms with Gasteiger partial charge in [0.25, 0.3) is 0 Å². The molecule has 0 unspecified atom stereocenters. The normalized spacial score (nSPS) is 18.1. The highest BCUT2D eigenvalue weighted by Crippen LogP contribution is 2.36. The van der Waals surface area contributed by atoms with Crippen molar-refractivity contribution in [3.63, 3.8) is 0 Å². The molecule has 1 fully saturated rings. The summed E-state index contributed by atoms with van der Waals surface area (Å²) in [5.74, 6) is -2.16. The quantitative estimate of drug-likeness (QED) is 0.294. The van der Waals surface area contributed by atoms with Crippen molar-refractivity contribution < 1.29 is 37.0 Å². The third-order valence-electron chi connectivity index (χ3n) is 5.82. The number of sulfone groups is 1. The number of aromatic hydroxyl groups is 1. The zero-order valence-corrected chi connectivity index (χ0v) is 20.3. The molecular weight excluding hydrogens is 463 g/mol. The molecule has 2 aromatic carbocycles. The minimum absolute atomic E-state index is 0.0223. The average molecular weight is 493 g/mol. The molecule has 9 heteroatoms. The Hall–Kier alpha value is -2.94. The molecule has 1 saturated heterocycles. The van der Waals surface area contributed by atoms with Crippen LogP contribution in [0.5, 0.6) is 11.5 Å². The molecule has 0 aromatic heterocycles. The van der Waals surface area contributed by atoms with Crippen LogP contribution >= 0.6 is 0 Å². The number of halogens is 1. The van der Waals surface area contributed by atoms with E-state index in [0.717, 1.165) is 11.6 Å². The van der Waals surface area contributed by atoms with Gasteiger partial charge in [0.15, 0.2) is 27.2 Å². The van der Waals surface area contributed by atoms with E-state index in [1.54, 1.807) is 12.1 Å². The molecule has 0 aliphatic carbocycles. The summed E-state index contributed by atoms with van der Waals surface area (Å²) in [6.07, 6.45) is 0.949. The van der Waals surface area contributed by atoms with E-state index in [-0.39, 0.29) is 64.3 Å². The number of carbonyl (C=O) groups excluding carboxylic acids is 2. The summed E-state index contributed by atoms with van der Waals surface area (Å²) < 4.78 is 50.8. The molecular formula is C25H29FO7S. The van der Waals surface area contributed by atoms with Crippen LogP contribution in [0, 0.1) is 11.7 Å². The van der Waals surface area contributed by atoms with Crippen LogP contribution in [-0.4, -0.2) is 37.6 Å². The zero-order valence-electron chi connectivity index (χ0n) is 19.5. The molecule has 0 radical (unpaired) electrons. The number of hydrogen-bond acceptors (Lipinski definition) is 7. The van der Waals surface area contributed by atoms with E-state index in [0.29, 0.717) is 19.3 Å². The molecule has 0 spiro atoms. The zero-order chi connectivity index (χ0) is 25.0. The van der Waals surface area contributed by atoms with Crippen LogP contribution in [0.15, 0.2) is 35.2 Å². The van der Waals surface area contributed by atoms with E-state index in [1.165, 1.54) is 19.1 Å². The second-order valence-electron chi connectivity index (χ2n) is 8.55. The van der Waals surface area contributed by atoms with Gasteiger partial charge in [0.1, 0.15) is 11.9 Å². The predicted octanol–water partition coefficient (Wildman–Crippen LogP) is 4.55. The molecule has 0 amide bonds. The third kappa shape index (κ3) is 5.58. The fourth-order valence-electron chi connectivity index (χ4n) is 4.06. The molecule has 1 aliphatic heterocycles. The van der Waals surface area contributed by atoms with Gasteiger partial charge < -0.3 is 14.6 Å². The lowest BCUT2D eigenvalue weighted by molar-refractivity contribution is -0.141. The van der Waals surface area contributed by atoms with Gasteiger partial charge >= 0.3 is 5.97 Å². The summed E-state index contributed by atoms with van der Waals surface area (Å²) in [6.45, 7) is 4.90. The standard InChI is InChI=1S/C25H29FO7S/c1-4-6-19-23(29)20(16(3)27)14-21(26)25(19)32-11-5-12-34(30,31)18-9-7-17(8-10-18)24-15(2)13-22(28)33-24/h7-10,14-15,24,29H,4-6,11-13H2,1-3H3/t15-,24+/m0/s1. The molecule has 2 atom stereocenters. The van der Waals surface area contributed by atoms with Crippen LogP contribution in [-0.2, 0) is 25.8 Å². The highest BCUT2D eigenvalue weighted by atomic mass is 32.2. The number of cyclic esters (lactones) is 1. The second-order valence-corrected chi connectivity index (χ2v) is 10.7. The van der Waals surface area contributed by atoms with Crippen LogP contribution < -0.4 is 4.74 Å². The highest BCUT2D eigenvalue weighted by molar-refractivity contribution is 7.91. The van der Waals surface area contributed by atoms with E-state index in [1.807, 2.05) is 13.8 Å². The second kappa shape index (κ2) is 10.5. The fraction of sp³-hybridized carbons (Fsp3) is 0.440. The lowest BCUT2D eigenvalue weighted by Crippen LogP contribution is -2.12. The third-order valence-corrected chi connectivity index (χ3v) is 7.63. The first-order valence-corrected chi connectivity index (χ1v) is 12.9. The maximum atomic E-state index is 14.6. The van der Waals surface area contributed by atoms with E-state index in [2.05, 4.69) is 0 Å². The molecule has 184 valence electrons. The topological polar surface area (TPSA) is 107 Å². The van der Waals surface area contributed by atoms with Crippen molar-refractivity contribution in [3.05, 3.63) is 52.8 Å². The van der Waals surface area contributed by atoms with Gasteiger partial charge in [0.2, 0.25) is 0 Å². The summed E-state index contributed by atoms with van der Waals surface area (Å²) >= 11 is 0. The molecule has 34 heavy (non-hydrogen) atoms. The van der Waals surface area contributed by atoms with Crippen molar-refractivity contribution in [2.24, 2.45) is 5.92 Å². The van der Waals surface area contributed by atoms with Crippen molar-refractivity contribution in [2.45, 2.75) is 57.5 Å². The van der Waals surface area contributed by atoms with Crippen LogP contribution in [0.4, 0.5) is 4.39 Å². The first kappa shape index (κ1) is 25.7. The smallest absolute Gasteiger partial charge is 0.306 e. The number of carbonyl (C=O) groups is 2.